The minimum absolute atomic E-state index is 0.578. The van der Waals surface area contributed by atoms with Crippen LogP contribution in [0.15, 0.2) is 24.3 Å². The van der Waals surface area contributed by atoms with Gasteiger partial charge in [0.05, 0.1) is 12.2 Å². The molecule has 0 heterocycles. The Morgan fingerprint density at radius 1 is 1.25 bits per heavy atom. The van der Waals surface area contributed by atoms with Crippen molar-refractivity contribution in [3.05, 3.63) is 35.4 Å². The van der Waals surface area contributed by atoms with Gasteiger partial charge < -0.3 is 15.2 Å². The van der Waals surface area contributed by atoms with Crippen LogP contribution in [0.5, 0.6) is 0 Å². The van der Waals surface area contributed by atoms with E-state index in [-0.39, 0.29) is 0 Å². The third kappa shape index (κ3) is 4.75. The molecule has 0 aliphatic rings. The Morgan fingerprint density at radius 3 is 2.44 bits per heavy atom. The molecule has 0 aliphatic heterocycles. The van der Waals surface area contributed by atoms with Crippen molar-refractivity contribution in [2.75, 3.05) is 13.7 Å². The Bertz CT molecular complexity index is 318. The summed E-state index contributed by atoms with van der Waals surface area (Å²) in [6.07, 6.45) is 0. The summed E-state index contributed by atoms with van der Waals surface area (Å²) in [7, 11) is 1.70. The molecule has 3 heteroatoms. The van der Waals surface area contributed by atoms with Crippen LogP contribution in [-0.2, 0) is 17.9 Å². The van der Waals surface area contributed by atoms with Gasteiger partial charge in [-0.3, -0.25) is 0 Å². The Kier molecular flexibility index (Phi) is 4.93. The number of ether oxygens (including phenoxy) is 1. The number of hydrogen-bond acceptors (Lipinski definition) is 3. The van der Waals surface area contributed by atoms with Gasteiger partial charge in [0.2, 0.25) is 0 Å². The molecule has 0 fully saturated rings. The average molecular weight is 223 g/mol. The summed E-state index contributed by atoms with van der Waals surface area (Å²) in [4.78, 5) is 0. The quantitative estimate of drug-likeness (QED) is 0.771. The summed E-state index contributed by atoms with van der Waals surface area (Å²) in [6.45, 7) is 5.54. The first-order valence-corrected chi connectivity index (χ1v) is 5.52. The number of benzene rings is 1. The van der Waals surface area contributed by atoms with Gasteiger partial charge in [0.1, 0.15) is 0 Å². The number of nitrogens with one attached hydrogen (secondary N) is 1. The molecule has 0 radical (unpaired) electrons. The molecule has 0 spiro atoms. The summed E-state index contributed by atoms with van der Waals surface area (Å²) in [5.74, 6) is 0. The van der Waals surface area contributed by atoms with Crippen LogP contribution >= 0.6 is 0 Å². The molecule has 16 heavy (non-hydrogen) atoms. The van der Waals surface area contributed by atoms with E-state index in [2.05, 4.69) is 17.4 Å². The summed E-state index contributed by atoms with van der Waals surface area (Å²) < 4.78 is 5.14. The second kappa shape index (κ2) is 5.99. The number of hydrogen-bond donors (Lipinski definition) is 2. The Morgan fingerprint density at radius 2 is 1.88 bits per heavy atom. The van der Waals surface area contributed by atoms with Gasteiger partial charge in [-0.05, 0) is 25.0 Å². The van der Waals surface area contributed by atoms with Crippen LogP contribution in [0.4, 0.5) is 0 Å². The molecular weight excluding hydrogens is 202 g/mol. The second-order valence-corrected chi connectivity index (χ2v) is 4.62. The van der Waals surface area contributed by atoms with Crippen molar-refractivity contribution >= 4 is 0 Å². The third-order valence-electron chi connectivity index (χ3n) is 2.29. The molecule has 1 rings (SSSR count). The van der Waals surface area contributed by atoms with Crippen molar-refractivity contribution in [3.63, 3.8) is 0 Å². The maximum Gasteiger partial charge on any atom is 0.0716 e. The summed E-state index contributed by atoms with van der Waals surface area (Å²) in [5, 5.41) is 12.8. The second-order valence-electron chi connectivity index (χ2n) is 4.62. The van der Waals surface area contributed by atoms with Crippen molar-refractivity contribution in [2.24, 2.45) is 0 Å². The van der Waals surface area contributed by atoms with Gasteiger partial charge in [-0.2, -0.15) is 0 Å². The molecule has 2 N–H and O–H groups in total. The van der Waals surface area contributed by atoms with Gasteiger partial charge in [-0.1, -0.05) is 24.3 Å². The maximum atomic E-state index is 9.58. The minimum Gasteiger partial charge on any atom is -0.389 e. The van der Waals surface area contributed by atoms with Gasteiger partial charge in [0.25, 0.3) is 0 Å². The lowest BCUT2D eigenvalue weighted by molar-refractivity contribution is 0.0794. The molecule has 0 aromatic heterocycles. The van der Waals surface area contributed by atoms with Crippen LogP contribution in [0.3, 0.4) is 0 Å². The van der Waals surface area contributed by atoms with Gasteiger partial charge in [-0.25, -0.2) is 0 Å². The molecule has 0 unspecified atom stereocenters. The highest BCUT2D eigenvalue weighted by Crippen LogP contribution is 2.10. The smallest absolute Gasteiger partial charge is 0.0716 e. The number of rotatable bonds is 6. The van der Waals surface area contributed by atoms with Crippen molar-refractivity contribution in [1.29, 1.82) is 0 Å². The topological polar surface area (TPSA) is 41.5 Å². The van der Waals surface area contributed by atoms with E-state index in [0.717, 1.165) is 6.54 Å². The van der Waals surface area contributed by atoms with Gasteiger partial charge in [0.15, 0.2) is 0 Å². The predicted molar refractivity (Wildman–Crippen MR) is 65.2 cm³/mol. The SMILES string of the molecule is COCc1ccccc1CNCC(C)(C)O. The molecule has 0 bridgehead atoms. The zero-order chi connectivity index (χ0) is 12.0. The first kappa shape index (κ1) is 13.2. The van der Waals surface area contributed by atoms with Gasteiger partial charge >= 0.3 is 0 Å². The monoisotopic (exact) mass is 223 g/mol. The molecule has 0 amide bonds. The molecule has 90 valence electrons. The predicted octanol–water partition coefficient (Wildman–Crippen LogP) is 1.69. The molecule has 1 aromatic carbocycles. The lowest BCUT2D eigenvalue weighted by Gasteiger charge is -2.18. The molecule has 0 aliphatic carbocycles. The fourth-order valence-corrected chi connectivity index (χ4v) is 1.53. The maximum absolute atomic E-state index is 9.58. The standard InChI is InChI=1S/C13H21NO2/c1-13(2,15)10-14-8-11-6-4-5-7-12(11)9-16-3/h4-7,14-15H,8-10H2,1-3H3. The largest absolute Gasteiger partial charge is 0.389 e. The lowest BCUT2D eigenvalue weighted by atomic mass is 10.1. The zero-order valence-electron chi connectivity index (χ0n) is 10.3. The molecule has 1 aromatic rings. The van der Waals surface area contributed by atoms with Crippen LogP contribution < -0.4 is 5.32 Å². The van der Waals surface area contributed by atoms with E-state index in [1.54, 1.807) is 21.0 Å². The van der Waals surface area contributed by atoms with Crippen LogP contribution in [0.2, 0.25) is 0 Å². The van der Waals surface area contributed by atoms with Gasteiger partial charge in [-0.15, -0.1) is 0 Å². The van der Waals surface area contributed by atoms with E-state index in [1.807, 2.05) is 12.1 Å². The van der Waals surface area contributed by atoms with E-state index in [9.17, 15) is 5.11 Å². The fraction of sp³-hybridized carbons (Fsp3) is 0.538. The summed E-state index contributed by atoms with van der Waals surface area (Å²) in [6, 6.07) is 8.16. The van der Waals surface area contributed by atoms with Crippen molar-refractivity contribution in [2.45, 2.75) is 32.6 Å². The van der Waals surface area contributed by atoms with E-state index in [1.165, 1.54) is 11.1 Å². The van der Waals surface area contributed by atoms with Crippen LogP contribution in [0, 0.1) is 0 Å². The molecule has 0 saturated carbocycles. The third-order valence-corrected chi connectivity index (χ3v) is 2.29. The average Bonchev–Trinajstić information content (AvgIpc) is 2.19. The number of aliphatic hydroxyl groups is 1. The Labute approximate surface area is 97.4 Å². The highest BCUT2D eigenvalue weighted by Gasteiger charge is 2.11. The molecule has 3 nitrogen and oxygen atoms in total. The molecular formula is C13H21NO2. The highest BCUT2D eigenvalue weighted by atomic mass is 16.5. The first-order chi connectivity index (χ1) is 7.53. The van der Waals surface area contributed by atoms with Crippen LogP contribution in [0.25, 0.3) is 0 Å². The fourth-order valence-electron chi connectivity index (χ4n) is 1.53. The Hall–Kier alpha value is -0.900. The van der Waals surface area contributed by atoms with Crippen molar-refractivity contribution in [1.82, 2.24) is 5.32 Å². The summed E-state index contributed by atoms with van der Waals surface area (Å²) >= 11 is 0. The van der Waals surface area contributed by atoms with Crippen LogP contribution in [0.1, 0.15) is 25.0 Å². The van der Waals surface area contributed by atoms with E-state index < -0.39 is 5.60 Å². The van der Waals surface area contributed by atoms with E-state index in [4.69, 9.17) is 4.74 Å². The van der Waals surface area contributed by atoms with E-state index >= 15 is 0 Å². The minimum atomic E-state index is -0.670. The number of methoxy groups -OCH3 is 1. The zero-order valence-corrected chi connectivity index (χ0v) is 10.3. The first-order valence-electron chi connectivity index (χ1n) is 5.52. The normalized spacial score (nSPS) is 11.8. The molecule has 0 saturated heterocycles. The van der Waals surface area contributed by atoms with Gasteiger partial charge in [0, 0.05) is 20.2 Å². The highest BCUT2D eigenvalue weighted by molar-refractivity contribution is 5.26. The van der Waals surface area contributed by atoms with E-state index in [0.29, 0.717) is 13.2 Å². The molecule has 0 atom stereocenters. The van der Waals surface area contributed by atoms with Crippen molar-refractivity contribution < 1.29 is 9.84 Å². The van der Waals surface area contributed by atoms with Crippen molar-refractivity contribution in [3.8, 4) is 0 Å². The lowest BCUT2D eigenvalue weighted by Crippen LogP contribution is -2.34. The van der Waals surface area contributed by atoms with Crippen LogP contribution in [-0.4, -0.2) is 24.4 Å². The Balaban J connectivity index is 2.52. The summed E-state index contributed by atoms with van der Waals surface area (Å²) in [5.41, 5.74) is 1.73.